The van der Waals surface area contributed by atoms with Crippen molar-refractivity contribution in [1.29, 1.82) is 0 Å². The molecule has 0 unspecified atom stereocenters. The number of fused-ring (bicyclic) bond motifs is 2. The molecule has 174 valence electrons. The van der Waals surface area contributed by atoms with E-state index in [2.05, 4.69) is 28.9 Å². The zero-order valence-electron chi connectivity index (χ0n) is 18.5. The van der Waals surface area contributed by atoms with Crippen LogP contribution in [0.1, 0.15) is 13.8 Å². The summed E-state index contributed by atoms with van der Waals surface area (Å²) in [7, 11) is 0. The Morgan fingerprint density at radius 2 is 1.97 bits per heavy atom. The summed E-state index contributed by atoms with van der Waals surface area (Å²) < 4.78 is 19.8. The van der Waals surface area contributed by atoms with Crippen molar-refractivity contribution in [3.63, 3.8) is 0 Å². The Balaban J connectivity index is 0.00000259. The van der Waals surface area contributed by atoms with Gasteiger partial charge in [-0.25, -0.2) is 4.98 Å². The second kappa shape index (κ2) is 9.82. The SMILES string of the molecule is C[C@@H]1CN(CCOc2ccc3oc(-c4cc5cccn5cn4)c/c(=N/O)c3c2)C[C@H](C)O1.Cl. The largest absolute Gasteiger partial charge is 0.492 e. The molecule has 5 rings (SSSR count). The fourth-order valence-corrected chi connectivity index (χ4v) is 4.28. The maximum Gasteiger partial charge on any atom is 0.155 e. The molecule has 1 N–H and O–H groups in total. The molecule has 8 nitrogen and oxygen atoms in total. The Bertz CT molecular complexity index is 1310. The van der Waals surface area contributed by atoms with E-state index in [-0.39, 0.29) is 24.6 Å². The van der Waals surface area contributed by atoms with Gasteiger partial charge >= 0.3 is 0 Å². The number of morpholine rings is 1. The zero-order valence-corrected chi connectivity index (χ0v) is 19.4. The zero-order chi connectivity index (χ0) is 22.1. The molecule has 1 aliphatic heterocycles. The number of aromatic nitrogens is 2. The van der Waals surface area contributed by atoms with Crippen LogP contribution in [-0.4, -0.2) is 57.9 Å². The van der Waals surface area contributed by atoms with Crippen molar-refractivity contribution in [1.82, 2.24) is 14.3 Å². The second-order valence-electron chi connectivity index (χ2n) is 8.23. The molecule has 4 aromatic rings. The van der Waals surface area contributed by atoms with Crippen molar-refractivity contribution in [2.45, 2.75) is 26.1 Å². The van der Waals surface area contributed by atoms with E-state index >= 15 is 0 Å². The molecule has 4 heterocycles. The van der Waals surface area contributed by atoms with Gasteiger partial charge < -0.3 is 23.5 Å². The van der Waals surface area contributed by atoms with E-state index in [9.17, 15) is 5.21 Å². The van der Waals surface area contributed by atoms with Crippen LogP contribution >= 0.6 is 12.4 Å². The number of halogens is 1. The van der Waals surface area contributed by atoms with Gasteiger partial charge in [-0.2, -0.15) is 0 Å². The van der Waals surface area contributed by atoms with Crippen LogP contribution in [0.25, 0.3) is 27.9 Å². The minimum Gasteiger partial charge on any atom is -0.492 e. The molecule has 0 aliphatic carbocycles. The molecule has 33 heavy (non-hydrogen) atoms. The van der Waals surface area contributed by atoms with Crippen molar-refractivity contribution in [3.8, 4) is 17.2 Å². The van der Waals surface area contributed by atoms with E-state index in [1.807, 2.05) is 47.0 Å². The Morgan fingerprint density at radius 1 is 1.15 bits per heavy atom. The minimum absolute atomic E-state index is 0. The number of hydrogen-bond donors (Lipinski definition) is 1. The number of hydrogen-bond acceptors (Lipinski definition) is 7. The fraction of sp³-hybridized carbons (Fsp3) is 0.333. The van der Waals surface area contributed by atoms with Gasteiger partial charge in [0.25, 0.3) is 0 Å². The second-order valence-corrected chi connectivity index (χ2v) is 8.23. The van der Waals surface area contributed by atoms with Crippen molar-refractivity contribution in [2.24, 2.45) is 5.16 Å². The van der Waals surface area contributed by atoms with Crippen LogP contribution in [0.5, 0.6) is 5.75 Å². The van der Waals surface area contributed by atoms with Crippen LogP contribution in [0.4, 0.5) is 0 Å². The van der Waals surface area contributed by atoms with Crippen LogP contribution in [0.3, 0.4) is 0 Å². The Kier molecular flexibility index (Phi) is 6.88. The molecule has 0 radical (unpaired) electrons. The van der Waals surface area contributed by atoms with E-state index in [0.29, 0.717) is 40.1 Å². The summed E-state index contributed by atoms with van der Waals surface area (Å²) in [4.78, 5) is 6.80. The summed E-state index contributed by atoms with van der Waals surface area (Å²) in [6.07, 6.45) is 4.13. The van der Waals surface area contributed by atoms with Gasteiger partial charge in [0.1, 0.15) is 29.0 Å². The molecule has 3 aromatic heterocycles. The number of benzene rings is 1. The first-order valence-corrected chi connectivity index (χ1v) is 10.8. The molecule has 1 fully saturated rings. The quantitative estimate of drug-likeness (QED) is 0.351. The van der Waals surface area contributed by atoms with Crippen molar-refractivity contribution < 1.29 is 19.1 Å². The maximum atomic E-state index is 9.63. The summed E-state index contributed by atoms with van der Waals surface area (Å²) in [5.41, 5.74) is 2.26. The van der Waals surface area contributed by atoms with Gasteiger partial charge in [-0.15, -0.1) is 12.4 Å². The first-order valence-electron chi connectivity index (χ1n) is 10.8. The number of ether oxygens (including phenoxy) is 2. The van der Waals surface area contributed by atoms with Gasteiger partial charge in [0.2, 0.25) is 0 Å². The molecule has 1 aliphatic rings. The maximum absolute atomic E-state index is 9.63. The third-order valence-electron chi connectivity index (χ3n) is 5.66. The molecule has 1 saturated heterocycles. The average Bonchev–Trinajstić information content (AvgIpc) is 3.25. The number of rotatable bonds is 5. The monoisotopic (exact) mass is 470 g/mol. The van der Waals surface area contributed by atoms with Crippen molar-refractivity contribution in [3.05, 3.63) is 60.3 Å². The van der Waals surface area contributed by atoms with E-state index in [1.54, 1.807) is 12.4 Å². The van der Waals surface area contributed by atoms with Gasteiger partial charge in [-0.05, 0) is 50.2 Å². The first-order chi connectivity index (χ1) is 15.6. The average molecular weight is 471 g/mol. The topological polar surface area (TPSA) is 84.7 Å². The highest BCUT2D eigenvalue weighted by atomic mass is 35.5. The summed E-state index contributed by atoms with van der Waals surface area (Å²) >= 11 is 0. The molecule has 0 amide bonds. The van der Waals surface area contributed by atoms with Crippen LogP contribution in [-0.2, 0) is 4.74 Å². The Morgan fingerprint density at radius 3 is 2.76 bits per heavy atom. The van der Waals surface area contributed by atoms with Gasteiger partial charge in [-0.1, -0.05) is 5.16 Å². The van der Waals surface area contributed by atoms with E-state index < -0.39 is 0 Å². The standard InChI is InChI=1S/C24H26N4O4.ClH/c1-16-13-27(14-17(2)31-16)8-9-30-19-5-6-23-20(11-19)21(26-29)12-24(32-23)22-10-18-4-3-7-28(18)15-25-22;/h3-7,10-12,15-17,29H,8-9,13-14H2,1-2H3;1H/b26-21-;/t16-,17+;. The van der Waals surface area contributed by atoms with E-state index in [0.717, 1.165) is 25.2 Å². The lowest BCUT2D eigenvalue weighted by Gasteiger charge is -2.35. The summed E-state index contributed by atoms with van der Waals surface area (Å²) in [5, 5.41) is 14.2. The lowest BCUT2D eigenvalue weighted by molar-refractivity contribution is -0.0699. The molecule has 2 atom stereocenters. The van der Waals surface area contributed by atoms with Crippen molar-refractivity contribution in [2.75, 3.05) is 26.2 Å². The summed E-state index contributed by atoms with van der Waals surface area (Å²) in [6, 6.07) is 13.1. The van der Waals surface area contributed by atoms with E-state index in [4.69, 9.17) is 13.9 Å². The third-order valence-corrected chi connectivity index (χ3v) is 5.66. The molecular formula is C24H27ClN4O4. The summed E-state index contributed by atoms with van der Waals surface area (Å²) in [6.45, 7) is 7.39. The molecule has 1 aromatic carbocycles. The lowest BCUT2D eigenvalue weighted by Crippen LogP contribution is -2.46. The first kappa shape index (κ1) is 23.1. The third kappa shape index (κ3) is 4.98. The molecule has 0 bridgehead atoms. The van der Waals surface area contributed by atoms with Gasteiger partial charge in [0, 0.05) is 37.4 Å². The highest BCUT2D eigenvalue weighted by Crippen LogP contribution is 2.24. The number of nitrogens with zero attached hydrogens (tertiary/aromatic N) is 4. The van der Waals surface area contributed by atoms with Crippen LogP contribution < -0.4 is 10.1 Å². The Hall–Kier alpha value is -3.07. The molecule has 0 spiro atoms. The van der Waals surface area contributed by atoms with Crippen molar-refractivity contribution >= 4 is 28.9 Å². The van der Waals surface area contributed by atoms with Gasteiger partial charge in [0.15, 0.2) is 5.76 Å². The Labute approximate surface area is 197 Å². The van der Waals surface area contributed by atoms with Crippen LogP contribution in [0.15, 0.2) is 64.6 Å². The molecule has 9 heteroatoms. The molecule has 0 saturated carbocycles. The fourth-order valence-electron chi connectivity index (χ4n) is 4.28. The smallest absolute Gasteiger partial charge is 0.155 e. The predicted octanol–water partition coefficient (Wildman–Crippen LogP) is 3.95. The predicted molar refractivity (Wildman–Crippen MR) is 127 cm³/mol. The van der Waals surface area contributed by atoms with Crippen LogP contribution in [0, 0.1) is 0 Å². The summed E-state index contributed by atoms with van der Waals surface area (Å²) in [5.74, 6) is 1.23. The van der Waals surface area contributed by atoms with Gasteiger partial charge in [-0.3, -0.25) is 4.90 Å². The molecular weight excluding hydrogens is 444 g/mol. The lowest BCUT2D eigenvalue weighted by atomic mass is 10.2. The van der Waals surface area contributed by atoms with E-state index in [1.165, 1.54) is 0 Å². The highest BCUT2D eigenvalue weighted by molar-refractivity contribution is 5.85. The highest BCUT2D eigenvalue weighted by Gasteiger charge is 2.21. The van der Waals surface area contributed by atoms with Crippen LogP contribution in [0.2, 0.25) is 0 Å². The minimum atomic E-state index is 0. The van der Waals surface area contributed by atoms with Gasteiger partial charge in [0.05, 0.1) is 23.9 Å². The normalized spacial score (nSPS) is 19.6.